The van der Waals surface area contributed by atoms with Crippen LogP contribution in [0.5, 0.6) is 5.75 Å². The molecule has 0 bridgehead atoms. The fourth-order valence-electron chi connectivity index (χ4n) is 2.19. The van der Waals surface area contributed by atoms with Crippen LogP contribution in [-0.4, -0.2) is 12.4 Å². The molecule has 0 unspecified atom stereocenters. The standard InChI is InChI=1S/C13H17NO2/c1-2-4-9-7-11(15)13-10(14)5-3-6-12(13)16-8-9/h3,5-6,9H,2,4,7-8,14H2,1H3/t9-/m1/s1. The van der Waals surface area contributed by atoms with Gasteiger partial charge in [0.1, 0.15) is 5.75 Å². The predicted octanol–water partition coefficient (Wildman–Crippen LogP) is 2.65. The fourth-order valence-corrected chi connectivity index (χ4v) is 2.19. The van der Waals surface area contributed by atoms with Gasteiger partial charge in [-0.25, -0.2) is 0 Å². The lowest BCUT2D eigenvalue weighted by Gasteiger charge is -2.11. The Kier molecular flexibility index (Phi) is 3.13. The molecule has 86 valence electrons. The number of anilines is 1. The van der Waals surface area contributed by atoms with Crippen LogP contribution in [0.25, 0.3) is 0 Å². The quantitative estimate of drug-likeness (QED) is 0.778. The van der Waals surface area contributed by atoms with E-state index in [-0.39, 0.29) is 5.78 Å². The maximum absolute atomic E-state index is 12.1. The van der Waals surface area contributed by atoms with Gasteiger partial charge in [0.2, 0.25) is 0 Å². The van der Waals surface area contributed by atoms with Gasteiger partial charge in [0.15, 0.2) is 5.78 Å². The van der Waals surface area contributed by atoms with Crippen molar-refractivity contribution in [1.29, 1.82) is 0 Å². The lowest BCUT2D eigenvalue weighted by atomic mass is 9.95. The highest BCUT2D eigenvalue weighted by molar-refractivity contribution is 6.03. The zero-order valence-electron chi connectivity index (χ0n) is 9.53. The third-order valence-corrected chi connectivity index (χ3v) is 2.98. The first-order chi connectivity index (χ1) is 7.72. The number of nitrogens with two attached hydrogens (primary N) is 1. The molecule has 3 nitrogen and oxygen atoms in total. The molecule has 1 aromatic carbocycles. The number of carbonyl (C=O) groups excluding carboxylic acids is 1. The Morgan fingerprint density at radius 3 is 3.06 bits per heavy atom. The summed E-state index contributed by atoms with van der Waals surface area (Å²) in [6.07, 6.45) is 2.65. The summed E-state index contributed by atoms with van der Waals surface area (Å²) in [7, 11) is 0. The minimum atomic E-state index is 0.115. The van der Waals surface area contributed by atoms with E-state index in [4.69, 9.17) is 10.5 Å². The zero-order valence-corrected chi connectivity index (χ0v) is 9.53. The summed E-state index contributed by atoms with van der Waals surface area (Å²) in [6, 6.07) is 5.39. The first-order valence-electron chi connectivity index (χ1n) is 5.77. The van der Waals surface area contributed by atoms with E-state index in [9.17, 15) is 4.79 Å². The summed E-state index contributed by atoms with van der Waals surface area (Å²) in [5.41, 5.74) is 6.92. The number of rotatable bonds is 2. The van der Waals surface area contributed by atoms with E-state index in [0.29, 0.717) is 35.9 Å². The molecule has 0 fully saturated rings. The van der Waals surface area contributed by atoms with Crippen LogP contribution in [0.2, 0.25) is 0 Å². The molecule has 1 heterocycles. The van der Waals surface area contributed by atoms with E-state index in [0.717, 1.165) is 12.8 Å². The minimum absolute atomic E-state index is 0.115. The average Bonchev–Trinajstić information content (AvgIpc) is 2.40. The Morgan fingerprint density at radius 1 is 1.50 bits per heavy atom. The molecule has 2 N–H and O–H groups in total. The number of hydrogen-bond donors (Lipinski definition) is 1. The van der Waals surface area contributed by atoms with Crippen molar-refractivity contribution in [3.63, 3.8) is 0 Å². The average molecular weight is 219 g/mol. The molecule has 3 heteroatoms. The Hall–Kier alpha value is -1.51. The van der Waals surface area contributed by atoms with Crippen molar-refractivity contribution in [2.75, 3.05) is 12.3 Å². The van der Waals surface area contributed by atoms with E-state index in [2.05, 4.69) is 6.92 Å². The second-order valence-electron chi connectivity index (χ2n) is 4.31. The van der Waals surface area contributed by atoms with Gasteiger partial charge in [0.25, 0.3) is 0 Å². The maximum Gasteiger partial charge on any atom is 0.169 e. The van der Waals surface area contributed by atoms with Crippen molar-refractivity contribution in [2.45, 2.75) is 26.2 Å². The Labute approximate surface area is 95.6 Å². The van der Waals surface area contributed by atoms with Gasteiger partial charge in [-0.3, -0.25) is 4.79 Å². The molecule has 1 aromatic rings. The SMILES string of the molecule is CCC[C@H]1COc2cccc(N)c2C(=O)C1. The topological polar surface area (TPSA) is 52.3 Å². The third kappa shape index (κ3) is 2.03. The maximum atomic E-state index is 12.1. The van der Waals surface area contributed by atoms with Crippen molar-refractivity contribution in [3.8, 4) is 5.75 Å². The molecule has 0 radical (unpaired) electrons. The molecule has 0 aliphatic carbocycles. The van der Waals surface area contributed by atoms with Crippen LogP contribution in [0.4, 0.5) is 5.69 Å². The van der Waals surface area contributed by atoms with Crippen LogP contribution in [0.15, 0.2) is 18.2 Å². The zero-order chi connectivity index (χ0) is 11.5. The molecule has 0 saturated heterocycles. The first kappa shape index (κ1) is 11.0. The van der Waals surface area contributed by atoms with Crippen molar-refractivity contribution >= 4 is 11.5 Å². The second-order valence-corrected chi connectivity index (χ2v) is 4.31. The predicted molar refractivity (Wildman–Crippen MR) is 63.7 cm³/mol. The van der Waals surface area contributed by atoms with Crippen molar-refractivity contribution in [1.82, 2.24) is 0 Å². The van der Waals surface area contributed by atoms with E-state index in [1.54, 1.807) is 6.07 Å². The summed E-state index contributed by atoms with van der Waals surface area (Å²) < 4.78 is 5.66. The number of hydrogen-bond acceptors (Lipinski definition) is 3. The molecule has 0 saturated carbocycles. The molecule has 2 rings (SSSR count). The molecule has 16 heavy (non-hydrogen) atoms. The Balaban J connectivity index is 2.29. The largest absolute Gasteiger partial charge is 0.492 e. The van der Waals surface area contributed by atoms with E-state index < -0.39 is 0 Å². The lowest BCUT2D eigenvalue weighted by Crippen LogP contribution is -2.12. The van der Waals surface area contributed by atoms with E-state index >= 15 is 0 Å². The molecule has 0 spiro atoms. The van der Waals surface area contributed by atoms with Crippen molar-refractivity contribution in [2.24, 2.45) is 5.92 Å². The summed E-state index contributed by atoms with van der Waals surface area (Å²) in [6.45, 7) is 2.74. The van der Waals surface area contributed by atoms with Crippen LogP contribution >= 0.6 is 0 Å². The van der Waals surface area contributed by atoms with Crippen molar-refractivity contribution < 1.29 is 9.53 Å². The number of benzene rings is 1. The Morgan fingerprint density at radius 2 is 2.31 bits per heavy atom. The highest BCUT2D eigenvalue weighted by Crippen LogP contribution is 2.31. The number of carbonyl (C=O) groups is 1. The van der Waals surface area contributed by atoms with E-state index in [1.807, 2.05) is 12.1 Å². The summed E-state index contributed by atoms with van der Waals surface area (Å²) in [5.74, 6) is 1.08. The number of nitrogen functional groups attached to an aromatic ring is 1. The highest BCUT2D eigenvalue weighted by Gasteiger charge is 2.24. The van der Waals surface area contributed by atoms with Gasteiger partial charge in [-0.2, -0.15) is 0 Å². The van der Waals surface area contributed by atoms with Gasteiger partial charge in [0.05, 0.1) is 12.2 Å². The first-order valence-corrected chi connectivity index (χ1v) is 5.77. The third-order valence-electron chi connectivity index (χ3n) is 2.98. The number of Topliss-reactive ketones (excluding diaryl/α,β-unsaturated/α-hetero) is 1. The smallest absolute Gasteiger partial charge is 0.169 e. The van der Waals surface area contributed by atoms with Crippen LogP contribution in [0.1, 0.15) is 36.5 Å². The Bertz CT molecular complexity index is 401. The van der Waals surface area contributed by atoms with Gasteiger partial charge < -0.3 is 10.5 Å². The van der Waals surface area contributed by atoms with E-state index in [1.165, 1.54) is 0 Å². The number of fused-ring (bicyclic) bond motifs is 1. The molecule has 1 aliphatic heterocycles. The molecule has 0 aromatic heterocycles. The van der Waals surface area contributed by atoms with Gasteiger partial charge in [0, 0.05) is 18.0 Å². The summed E-state index contributed by atoms with van der Waals surface area (Å²) in [4.78, 5) is 12.1. The second kappa shape index (κ2) is 4.56. The molecular formula is C13H17NO2. The number of ketones is 1. The molecule has 1 atom stereocenters. The normalized spacial score (nSPS) is 19.8. The van der Waals surface area contributed by atoms with Gasteiger partial charge >= 0.3 is 0 Å². The monoisotopic (exact) mass is 219 g/mol. The van der Waals surface area contributed by atoms with Crippen LogP contribution in [0.3, 0.4) is 0 Å². The lowest BCUT2D eigenvalue weighted by molar-refractivity contribution is 0.0960. The summed E-state index contributed by atoms with van der Waals surface area (Å²) in [5, 5.41) is 0. The van der Waals surface area contributed by atoms with Gasteiger partial charge in [-0.05, 0) is 18.6 Å². The van der Waals surface area contributed by atoms with Crippen LogP contribution < -0.4 is 10.5 Å². The summed E-state index contributed by atoms with van der Waals surface area (Å²) >= 11 is 0. The van der Waals surface area contributed by atoms with Crippen LogP contribution in [-0.2, 0) is 0 Å². The molecule has 1 aliphatic rings. The highest BCUT2D eigenvalue weighted by atomic mass is 16.5. The van der Waals surface area contributed by atoms with Crippen molar-refractivity contribution in [3.05, 3.63) is 23.8 Å². The van der Waals surface area contributed by atoms with Gasteiger partial charge in [-0.1, -0.05) is 19.4 Å². The molecular weight excluding hydrogens is 202 g/mol. The van der Waals surface area contributed by atoms with Gasteiger partial charge in [-0.15, -0.1) is 0 Å². The van der Waals surface area contributed by atoms with Crippen LogP contribution in [0, 0.1) is 5.92 Å². The number of ether oxygens (including phenoxy) is 1. The minimum Gasteiger partial charge on any atom is -0.492 e. The fraction of sp³-hybridized carbons (Fsp3) is 0.462. The molecule has 0 amide bonds.